The van der Waals surface area contributed by atoms with Gasteiger partial charge in [0.25, 0.3) is 0 Å². The van der Waals surface area contributed by atoms with Crippen LogP contribution in [0.4, 0.5) is 10.5 Å². The quantitative estimate of drug-likeness (QED) is 0.852. The van der Waals surface area contributed by atoms with Crippen LogP contribution < -0.4 is 5.32 Å². The highest BCUT2D eigenvalue weighted by Crippen LogP contribution is 2.20. The topological polar surface area (TPSA) is 52.7 Å². The second-order valence-electron chi connectivity index (χ2n) is 5.19. The first kappa shape index (κ1) is 14.4. The summed E-state index contributed by atoms with van der Waals surface area (Å²) in [7, 11) is 0. The molecule has 0 aromatic heterocycles. The number of nitrogens with zero attached hydrogens (tertiary/aromatic N) is 2. The lowest BCUT2D eigenvalue weighted by atomic mass is 10.1. The number of hydrogen-bond acceptors (Lipinski definition) is 2. The zero-order chi connectivity index (χ0) is 14.7. The number of carbonyl (C=O) groups excluding carboxylic acids is 2. The number of anilines is 1. The highest BCUT2D eigenvalue weighted by molar-refractivity contribution is 5.91. The molecule has 2 rings (SSSR count). The molecule has 1 saturated heterocycles. The summed E-state index contributed by atoms with van der Waals surface area (Å²) in [5.41, 5.74) is 2.99. The molecule has 0 atom stereocenters. The van der Waals surface area contributed by atoms with E-state index in [1.54, 1.807) is 16.7 Å². The van der Waals surface area contributed by atoms with Gasteiger partial charge < -0.3 is 15.1 Å². The molecule has 5 heteroatoms. The Morgan fingerprint density at radius 3 is 2.00 bits per heavy atom. The van der Waals surface area contributed by atoms with E-state index in [0.717, 1.165) is 16.8 Å². The van der Waals surface area contributed by atoms with Crippen LogP contribution in [0, 0.1) is 13.8 Å². The zero-order valence-corrected chi connectivity index (χ0v) is 12.3. The minimum atomic E-state index is -0.0920. The van der Waals surface area contributed by atoms with Gasteiger partial charge in [-0.2, -0.15) is 0 Å². The van der Waals surface area contributed by atoms with Crippen LogP contribution in [0.2, 0.25) is 0 Å². The van der Waals surface area contributed by atoms with Gasteiger partial charge in [-0.3, -0.25) is 4.79 Å². The maximum absolute atomic E-state index is 12.3. The van der Waals surface area contributed by atoms with E-state index >= 15 is 0 Å². The predicted octanol–water partition coefficient (Wildman–Crippen LogP) is 2.00. The van der Waals surface area contributed by atoms with E-state index in [-0.39, 0.29) is 11.9 Å². The van der Waals surface area contributed by atoms with Crippen LogP contribution >= 0.6 is 0 Å². The van der Waals surface area contributed by atoms with E-state index in [0.29, 0.717) is 26.2 Å². The first-order valence-electron chi connectivity index (χ1n) is 6.86. The van der Waals surface area contributed by atoms with Crippen molar-refractivity contribution in [3.63, 3.8) is 0 Å². The van der Waals surface area contributed by atoms with Crippen LogP contribution in [0.15, 0.2) is 18.2 Å². The van der Waals surface area contributed by atoms with E-state index in [4.69, 9.17) is 0 Å². The summed E-state index contributed by atoms with van der Waals surface area (Å²) in [4.78, 5) is 27.0. The van der Waals surface area contributed by atoms with Gasteiger partial charge in [0.1, 0.15) is 0 Å². The van der Waals surface area contributed by atoms with Crippen LogP contribution in [-0.2, 0) is 4.79 Å². The molecule has 1 aromatic carbocycles. The van der Waals surface area contributed by atoms with Crippen molar-refractivity contribution < 1.29 is 9.59 Å². The van der Waals surface area contributed by atoms with Crippen molar-refractivity contribution in [3.05, 3.63) is 29.3 Å². The van der Waals surface area contributed by atoms with Gasteiger partial charge in [0.2, 0.25) is 5.91 Å². The predicted molar refractivity (Wildman–Crippen MR) is 78.8 cm³/mol. The molecule has 20 heavy (non-hydrogen) atoms. The number of urea groups is 1. The third-order valence-electron chi connectivity index (χ3n) is 3.73. The van der Waals surface area contributed by atoms with Crippen molar-refractivity contribution >= 4 is 17.6 Å². The van der Waals surface area contributed by atoms with E-state index in [1.807, 2.05) is 32.0 Å². The minimum Gasteiger partial charge on any atom is -0.339 e. The number of piperazine rings is 1. The third kappa shape index (κ3) is 3.10. The normalized spacial score (nSPS) is 15.2. The summed E-state index contributed by atoms with van der Waals surface area (Å²) in [5, 5.41) is 2.98. The zero-order valence-electron chi connectivity index (χ0n) is 12.3. The second-order valence-corrected chi connectivity index (χ2v) is 5.19. The number of para-hydroxylation sites is 1. The number of amides is 3. The van der Waals surface area contributed by atoms with Crippen LogP contribution in [0.25, 0.3) is 0 Å². The Labute approximate surface area is 119 Å². The van der Waals surface area contributed by atoms with Crippen molar-refractivity contribution in [2.24, 2.45) is 0 Å². The van der Waals surface area contributed by atoms with Crippen molar-refractivity contribution in [2.45, 2.75) is 20.8 Å². The molecule has 3 amide bonds. The molecule has 0 radical (unpaired) electrons. The lowest BCUT2D eigenvalue weighted by Gasteiger charge is -2.34. The maximum Gasteiger partial charge on any atom is 0.321 e. The van der Waals surface area contributed by atoms with Gasteiger partial charge in [-0.05, 0) is 25.0 Å². The summed E-state index contributed by atoms with van der Waals surface area (Å²) in [6.45, 7) is 7.90. The van der Waals surface area contributed by atoms with Crippen LogP contribution in [0.1, 0.15) is 18.1 Å². The van der Waals surface area contributed by atoms with Crippen LogP contribution in [0.3, 0.4) is 0 Å². The molecule has 0 unspecified atom stereocenters. The summed E-state index contributed by atoms with van der Waals surface area (Å²) < 4.78 is 0. The van der Waals surface area contributed by atoms with E-state index in [9.17, 15) is 9.59 Å². The monoisotopic (exact) mass is 275 g/mol. The van der Waals surface area contributed by atoms with Crippen molar-refractivity contribution in [1.82, 2.24) is 9.80 Å². The van der Waals surface area contributed by atoms with Crippen molar-refractivity contribution in [2.75, 3.05) is 31.5 Å². The standard InChI is InChI=1S/C15H21N3O2/c1-11-5-4-6-12(2)14(11)16-15(20)18-9-7-17(8-10-18)13(3)19/h4-6H,7-10H2,1-3H3,(H,16,20). The number of benzene rings is 1. The van der Waals surface area contributed by atoms with Gasteiger partial charge in [0.15, 0.2) is 0 Å². The molecular weight excluding hydrogens is 254 g/mol. The molecule has 1 N–H and O–H groups in total. The van der Waals surface area contributed by atoms with Crippen LogP contribution in [-0.4, -0.2) is 47.9 Å². The van der Waals surface area contributed by atoms with Gasteiger partial charge in [-0.1, -0.05) is 18.2 Å². The molecule has 1 heterocycles. The maximum atomic E-state index is 12.3. The lowest BCUT2D eigenvalue weighted by Crippen LogP contribution is -2.51. The number of aryl methyl sites for hydroxylation is 2. The average Bonchev–Trinajstić information content (AvgIpc) is 2.43. The van der Waals surface area contributed by atoms with Crippen LogP contribution in [0.5, 0.6) is 0 Å². The Hall–Kier alpha value is -2.04. The Morgan fingerprint density at radius 1 is 1.00 bits per heavy atom. The summed E-state index contributed by atoms with van der Waals surface area (Å²) in [5.74, 6) is 0.0693. The van der Waals surface area contributed by atoms with E-state index in [1.165, 1.54) is 0 Å². The average molecular weight is 275 g/mol. The third-order valence-corrected chi connectivity index (χ3v) is 3.73. The largest absolute Gasteiger partial charge is 0.339 e. The van der Waals surface area contributed by atoms with E-state index in [2.05, 4.69) is 5.32 Å². The van der Waals surface area contributed by atoms with Crippen molar-refractivity contribution in [3.8, 4) is 0 Å². The fourth-order valence-corrected chi connectivity index (χ4v) is 2.42. The van der Waals surface area contributed by atoms with Gasteiger partial charge in [-0.25, -0.2) is 4.79 Å². The lowest BCUT2D eigenvalue weighted by molar-refractivity contribution is -0.130. The molecule has 5 nitrogen and oxygen atoms in total. The molecule has 1 aromatic rings. The molecule has 108 valence electrons. The molecule has 0 aliphatic carbocycles. The summed E-state index contributed by atoms with van der Waals surface area (Å²) in [6, 6.07) is 5.85. The SMILES string of the molecule is CC(=O)N1CCN(C(=O)Nc2c(C)cccc2C)CC1. The molecule has 0 bridgehead atoms. The Kier molecular flexibility index (Phi) is 4.27. The second kappa shape index (κ2) is 5.94. The van der Waals surface area contributed by atoms with E-state index < -0.39 is 0 Å². The molecule has 1 aliphatic rings. The first-order chi connectivity index (χ1) is 9.49. The fourth-order valence-electron chi connectivity index (χ4n) is 2.42. The fraction of sp³-hybridized carbons (Fsp3) is 0.467. The Bertz CT molecular complexity index is 500. The highest BCUT2D eigenvalue weighted by atomic mass is 16.2. The summed E-state index contributed by atoms with van der Waals surface area (Å²) >= 11 is 0. The van der Waals surface area contributed by atoms with Gasteiger partial charge in [0, 0.05) is 38.8 Å². The first-order valence-corrected chi connectivity index (χ1v) is 6.86. The number of hydrogen-bond donors (Lipinski definition) is 1. The Balaban J connectivity index is 1.98. The number of nitrogens with one attached hydrogen (secondary N) is 1. The minimum absolute atomic E-state index is 0.0693. The van der Waals surface area contributed by atoms with Gasteiger partial charge in [-0.15, -0.1) is 0 Å². The van der Waals surface area contributed by atoms with Crippen molar-refractivity contribution in [1.29, 1.82) is 0 Å². The smallest absolute Gasteiger partial charge is 0.321 e. The molecular formula is C15H21N3O2. The Morgan fingerprint density at radius 2 is 1.50 bits per heavy atom. The number of rotatable bonds is 1. The molecule has 0 spiro atoms. The number of carbonyl (C=O) groups is 2. The summed E-state index contributed by atoms with van der Waals surface area (Å²) in [6.07, 6.45) is 0. The molecule has 1 fully saturated rings. The van der Waals surface area contributed by atoms with Gasteiger partial charge >= 0.3 is 6.03 Å². The molecule has 0 saturated carbocycles. The highest BCUT2D eigenvalue weighted by Gasteiger charge is 2.22. The molecule has 1 aliphatic heterocycles. The van der Waals surface area contributed by atoms with Gasteiger partial charge in [0.05, 0.1) is 0 Å².